The maximum absolute atomic E-state index is 13.1. The molecule has 0 fully saturated rings. The van der Waals surface area contributed by atoms with E-state index in [0.717, 1.165) is 5.56 Å². The summed E-state index contributed by atoms with van der Waals surface area (Å²) in [5, 5.41) is 0.483. The maximum Gasteiger partial charge on any atom is 0.149 e. The molecular formula is C14H12Cl2FNO. The van der Waals surface area contributed by atoms with Gasteiger partial charge in [-0.2, -0.15) is 0 Å². The summed E-state index contributed by atoms with van der Waals surface area (Å²) < 4.78 is 18.8. The van der Waals surface area contributed by atoms with Crippen molar-refractivity contribution < 1.29 is 9.13 Å². The van der Waals surface area contributed by atoms with Gasteiger partial charge in [0.15, 0.2) is 0 Å². The summed E-state index contributed by atoms with van der Waals surface area (Å²) in [6, 6.07) is 9.60. The second-order valence-electron chi connectivity index (χ2n) is 3.94. The second kappa shape index (κ2) is 6.24. The SMILES string of the molecule is NCCc1cccc(Cl)c1Oc1ccc(F)c(Cl)c1. The van der Waals surface area contributed by atoms with Crippen LogP contribution in [0.1, 0.15) is 5.56 Å². The number of halogens is 3. The van der Waals surface area contributed by atoms with Gasteiger partial charge in [0.2, 0.25) is 0 Å². The lowest BCUT2D eigenvalue weighted by molar-refractivity contribution is 0.474. The third-order valence-corrected chi connectivity index (χ3v) is 3.16. The lowest BCUT2D eigenvalue weighted by Gasteiger charge is -2.12. The molecule has 0 radical (unpaired) electrons. The monoisotopic (exact) mass is 299 g/mol. The Balaban J connectivity index is 2.34. The summed E-state index contributed by atoms with van der Waals surface area (Å²) in [6.07, 6.45) is 0.644. The molecule has 0 saturated heterocycles. The average Bonchev–Trinajstić information content (AvgIpc) is 2.38. The number of ether oxygens (including phenoxy) is 1. The van der Waals surface area contributed by atoms with Gasteiger partial charge in [0.05, 0.1) is 10.0 Å². The molecule has 19 heavy (non-hydrogen) atoms. The van der Waals surface area contributed by atoms with Crippen molar-refractivity contribution in [2.45, 2.75) is 6.42 Å². The van der Waals surface area contributed by atoms with Crippen LogP contribution >= 0.6 is 23.2 Å². The van der Waals surface area contributed by atoms with Gasteiger partial charge in [-0.05, 0) is 36.7 Å². The van der Waals surface area contributed by atoms with Crippen molar-refractivity contribution in [1.29, 1.82) is 0 Å². The molecule has 0 unspecified atom stereocenters. The third kappa shape index (κ3) is 3.38. The van der Waals surface area contributed by atoms with Gasteiger partial charge in [-0.15, -0.1) is 0 Å². The Morgan fingerprint density at radius 2 is 1.89 bits per heavy atom. The summed E-state index contributed by atoms with van der Waals surface area (Å²) >= 11 is 11.8. The second-order valence-corrected chi connectivity index (χ2v) is 4.76. The fraction of sp³-hybridized carbons (Fsp3) is 0.143. The number of hydrogen-bond donors (Lipinski definition) is 1. The van der Waals surface area contributed by atoms with Crippen LogP contribution in [-0.2, 0) is 6.42 Å². The number of benzene rings is 2. The molecule has 0 heterocycles. The smallest absolute Gasteiger partial charge is 0.149 e. The molecule has 2 aromatic carbocycles. The molecule has 0 aliphatic rings. The molecule has 5 heteroatoms. The zero-order chi connectivity index (χ0) is 13.8. The fourth-order valence-electron chi connectivity index (χ4n) is 1.68. The third-order valence-electron chi connectivity index (χ3n) is 2.57. The topological polar surface area (TPSA) is 35.2 Å². The Morgan fingerprint density at radius 3 is 2.58 bits per heavy atom. The van der Waals surface area contributed by atoms with E-state index in [1.165, 1.54) is 18.2 Å². The van der Waals surface area contributed by atoms with Gasteiger partial charge in [0.1, 0.15) is 17.3 Å². The summed E-state index contributed by atoms with van der Waals surface area (Å²) in [4.78, 5) is 0. The van der Waals surface area contributed by atoms with Crippen molar-refractivity contribution in [3.63, 3.8) is 0 Å². The normalized spacial score (nSPS) is 10.5. The predicted octanol–water partition coefficient (Wildman–Crippen LogP) is 4.43. The van der Waals surface area contributed by atoms with E-state index in [-0.39, 0.29) is 5.02 Å². The van der Waals surface area contributed by atoms with E-state index >= 15 is 0 Å². The van der Waals surface area contributed by atoms with E-state index in [1.54, 1.807) is 6.07 Å². The quantitative estimate of drug-likeness (QED) is 0.906. The Labute approximate surface area is 120 Å². The average molecular weight is 300 g/mol. The first-order chi connectivity index (χ1) is 9.11. The van der Waals surface area contributed by atoms with Crippen LogP contribution in [0.5, 0.6) is 11.5 Å². The molecule has 0 amide bonds. The zero-order valence-electron chi connectivity index (χ0n) is 10.00. The lowest BCUT2D eigenvalue weighted by Crippen LogP contribution is -2.04. The summed E-state index contributed by atoms with van der Waals surface area (Å²) in [5.41, 5.74) is 6.45. The summed E-state index contributed by atoms with van der Waals surface area (Å²) in [6.45, 7) is 0.487. The predicted molar refractivity (Wildman–Crippen MR) is 75.7 cm³/mol. The van der Waals surface area contributed by atoms with Crippen LogP contribution in [0.3, 0.4) is 0 Å². The molecule has 2 aromatic rings. The molecule has 0 atom stereocenters. The van der Waals surface area contributed by atoms with Crippen LogP contribution in [-0.4, -0.2) is 6.54 Å². The van der Waals surface area contributed by atoms with Crippen molar-refractivity contribution in [2.75, 3.05) is 6.54 Å². The van der Waals surface area contributed by atoms with Gasteiger partial charge in [-0.3, -0.25) is 0 Å². The van der Waals surface area contributed by atoms with Crippen molar-refractivity contribution in [3.8, 4) is 11.5 Å². The van der Waals surface area contributed by atoms with E-state index < -0.39 is 5.82 Å². The van der Waals surface area contributed by atoms with Crippen LogP contribution in [0.15, 0.2) is 36.4 Å². The van der Waals surface area contributed by atoms with E-state index in [9.17, 15) is 4.39 Å². The largest absolute Gasteiger partial charge is 0.455 e. The molecule has 2 N–H and O–H groups in total. The fourth-order valence-corrected chi connectivity index (χ4v) is 2.08. The highest BCUT2D eigenvalue weighted by Crippen LogP contribution is 2.34. The van der Waals surface area contributed by atoms with Crippen molar-refractivity contribution in [2.24, 2.45) is 5.73 Å². The number of rotatable bonds is 4. The van der Waals surface area contributed by atoms with Crippen molar-refractivity contribution in [3.05, 3.63) is 57.8 Å². The molecule has 0 saturated carbocycles. The van der Waals surface area contributed by atoms with Gasteiger partial charge < -0.3 is 10.5 Å². The minimum atomic E-state index is -0.490. The highest BCUT2D eigenvalue weighted by molar-refractivity contribution is 6.32. The van der Waals surface area contributed by atoms with Crippen LogP contribution in [0.25, 0.3) is 0 Å². The van der Waals surface area contributed by atoms with Crippen LogP contribution in [0, 0.1) is 5.82 Å². The maximum atomic E-state index is 13.1. The van der Waals surface area contributed by atoms with Crippen molar-refractivity contribution >= 4 is 23.2 Å². The number of hydrogen-bond acceptors (Lipinski definition) is 2. The molecular weight excluding hydrogens is 288 g/mol. The van der Waals surface area contributed by atoms with Crippen LogP contribution in [0.4, 0.5) is 4.39 Å². The van der Waals surface area contributed by atoms with Gasteiger partial charge in [0, 0.05) is 6.07 Å². The molecule has 0 aromatic heterocycles. The Hall–Kier alpha value is -1.29. The molecule has 0 aliphatic carbocycles. The van der Waals surface area contributed by atoms with Gasteiger partial charge in [-0.25, -0.2) is 4.39 Å². The van der Waals surface area contributed by atoms with E-state index in [2.05, 4.69) is 0 Å². The highest BCUT2D eigenvalue weighted by atomic mass is 35.5. The minimum absolute atomic E-state index is 0.00456. The number of para-hydroxylation sites is 1. The Kier molecular flexibility index (Phi) is 4.64. The summed E-state index contributed by atoms with van der Waals surface area (Å²) in [7, 11) is 0. The molecule has 100 valence electrons. The first kappa shape index (κ1) is 14.1. The van der Waals surface area contributed by atoms with Gasteiger partial charge in [-0.1, -0.05) is 35.3 Å². The standard InChI is InChI=1S/C14H12Cl2FNO/c15-11-3-1-2-9(6-7-18)14(11)19-10-4-5-13(17)12(16)8-10/h1-5,8H,6-7,18H2. The molecule has 2 rings (SSSR count). The minimum Gasteiger partial charge on any atom is -0.455 e. The van der Waals surface area contributed by atoms with E-state index in [4.69, 9.17) is 33.7 Å². The van der Waals surface area contributed by atoms with E-state index in [1.807, 2.05) is 12.1 Å². The first-order valence-electron chi connectivity index (χ1n) is 5.72. The zero-order valence-corrected chi connectivity index (χ0v) is 11.5. The Morgan fingerprint density at radius 1 is 1.11 bits per heavy atom. The van der Waals surface area contributed by atoms with E-state index in [0.29, 0.717) is 29.5 Å². The van der Waals surface area contributed by atoms with Crippen molar-refractivity contribution in [1.82, 2.24) is 0 Å². The Bertz CT molecular complexity index is 590. The van der Waals surface area contributed by atoms with Crippen LogP contribution < -0.4 is 10.5 Å². The van der Waals surface area contributed by atoms with Gasteiger partial charge in [0.25, 0.3) is 0 Å². The number of nitrogens with two attached hydrogens (primary N) is 1. The van der Waals surface area contributed by atoms with Gasteiger partial charge >= 0.3 is 0 Å². The lowest BCUT2D eigenvalue weighted by atomic mass is 10.1. The molecule has 0 spiro atoms. The molecule has 0 aliphatic heterocycles. The highest BCUT2D eigenvalue weighted by Gasteiger charge is 2.10. The van der Waals surface area contributed by atoms with Crippen LogP contribution in [0.2, 0.25) is 10.0 Å². The molecule has 0 bridgehead atoms. The summed E-state index contributed by atoms with van der Waals surface area (Å²) in [5.74, 6) is 0.463. The molecule has 2 nitrogen and oxygen atoms in total. The first-order valence-corrected chi connectivity index (χ1v) is 6.47.